The van der Waals surface area contributed by atoms with Gasteiger partial charge in [-0.15, -0.1) is 0 Å². The number of amides is 2. The van der Waals surface area contributed by atoms with Crippen LogP contribution < -0.4 is 5.32 Å². The van der Waals surface area contributed by atoms with Gasteiger partial charge >= 0.3 is 6.09 Å². The van der Waals surface area contributed by atoms with Crippen molar-refractivity contribution < 1.29 is 28.9 Å². The summed E-state index contributed by atoms with van der Waals surface area (Å²) in [7, 11) is 0. The second kappa shape index (κ2) is 9.82. The zero-order valence-electron chi connectivity index (χ0n) is 20.1. The first-order valence-electron chi connectivity index (χ1n) is 12.5. The van der Waals surface area contributed by atoms with Crippen LogP contribution in [0.3, 0.4) is 0 Å². The minimum Gasteiger partial charge on any atom is -0.445 e. The zero-order valence-corrected chi connectivity index (χ0v) is 20.1. The number of benzene rings is 1. The molecule has 2 aliphatic carbocycles. The number of hydrogen-bond donors (Lipinski definition) is 3. The fraction of sp³-hybridized carbons (Fsp3) is 0.692. The topological polar surface area (TPSA) is 99.1 Å². The number of hydrogen-bond acceptors (Lipinski definition) is 5. The Balaban J connectivity index is 1.50. The lowest BCUT2D eigenvalue weighted by Gasteiger charge is -2.60. The van der Waals surface area contributed by atoms with Crippen molar-refractivity contribution in [1.82, 2.24) is 4.90 Å². The summed E-state index contributed by atoms with van der Waals surface area (Å²) >= 11 is 0. The van der Waals surface area contributed by atoms with Crippen LogP contribution in [0.5, 0.6) is 0 Å². The molecule has 1 saturated heterocycles. The Hall–Kier alpha value is -2.19. The Morgan fingerprint density at radius 1 is 1.21 bits per heavy atom. The molecule has 3 fully saturated rings. The molecule has 34 heavy (non-hydrogen) atoms. The van der Waals surface area contributed by atoms with Gasteiger partial charge in [-0.3, -0.25) is 10.1 Å². The molecule has 2 saturated carbocycles. The highest BCUT2D eigenvalue weighted by atomic mass is 19.1. The quantitative estimate of drug-likeness (QED) is 0.598. The summed E-state index contributed by atoms with van der Waals surface area (Å²) < 4.78 is 19.3. The Labute approximate surface area is 200 Å². The molecule has 3 N–H and O–H groups in total. The summed E-state index contributed by atoms with van der Waals surface area (Å²) in [5.41, 5.74) is -0.775. The van der Waals surface area contributed by atoms with E-state index >= 15 is 0 Å². The van der Waals surface area contributed by atoms with Crippen molar-refractivity contribution in [3.8, 4) is 0 Å². The molecule has 2 amide bonds. The van der Waals surface area contributed by atoms with Crippen molar-refractivity contribution in [3.05, 3.63) is 30.1 Å². The summed E-state index contributed by atoms with van der Waals surface area (Å²) in [6.45, 7) is 5.46. The summed E-state index contributed by atoms with van der Waals surface area (Å²) in [4.78, 5) is 27.5. The molecule has 188 valence electrons. The number of anilines is 1. The maximum Gasteiger partial charge on any atom is 0.411 e. The van der Waals surface area contributed by atoms with Crippen LogP contribution in [-0.4, -0.2) is 59.0 Å². The van der Waals surface area contributed by atoms with Crippen LogP contribution in [-0.2, 0) is 9.53 Å². The maximum absolute atomic E-state index is 13.5. The lowest BCUT2D eigenvalue weighted by atomic mass is 9.46. The predicted octanol–water partition coefficient (Wildman–Crippen LogP) is 3.94. The molecule has 1 aromatic rings. The van der Waals surface area contributed by atoms with Crippen LogP contribution in [0.15, 0.2) is 24.3 Å². The standard InChI is InChI=1S/C26H37FN2O5/c1-25-11-10-22(34-24(33)28-18-7-5-6-17(27)14-18)26(2,16-30)21(25)9-8-20(31)19(25)15-23(32)29-12-3-4-13-29/h5-7,14,19-22,30-31H,3-4,8-13,15-16H2,1-2H3,(H,28,33)/t19-,20-,21?,22-,25+,26+/m1/s1. The van der Waals surface area contributed by atoms with E-state index in [0.29, 0.717) is 37.8 Å². The normalized spacial score (nSPS) is 35.5. The molecule has 0 radical (unpaired) electrons. The van der Waals surface area contributed by atoms with Gasteiger partial charge in [-0.2, -0.15) is 0 Å². The van der Waals surface area contributed by atoms with Gasteiger partial charge in [-0.05, 0) is 74.0 Å². The lowest BCUT2D eigenvalue weighted by Crippen LogP contribution is -2.61. The van der Waals surface area contributed by atoms with Crippen molar-refractivity contribution in [2.24, 2.45) is 22.7 Å². The van der Waals surface area contributed by atoms with Crippen LogP contribution in [0.4, 0.5) is 14.9 Å². The fourth-order valence-corrected chi connectivity index (χ4v) is 6.91. The van der Waals surface area contributed by atoms with Crippen molar-refractivity contribution in [1.29, 1.82) is 0 Å². The largest absolute Gasteiger partial charge is 0.445 e. The van der Waals surface area contributed by atoms with E-state index in [4.69, 9.17) is 4.74 Å². The fourth-order valence-electron chi connectivity index (χ4n) is 6.91. The van der Waals surface area contributed by atoms with Crippen molar-refractivity contribution in [3.63, 3.8) is 0 Å². The van der Waals surface area contributed by atoms with E-state index < -0.39 is 29.5 Å². The lowest BCUT2D eigenvalue weighted by molar-refractivity contribution is -0.186. The number of rotatable bonds is 5. The third kappa shape index (κ3) is 4.67. The summed E-state index contributed by atoms with van der Waals surface area (Å²) in [6, 6.07) is 5.60. The second-order valence-corrected chi connectivity index (χ2v) is 10.8. The number of aliphatic hydroxyl groups is 2. The number of likely N-dealkylation sites (tertiary alicyclic amines) is 1. The van der Waals surface area contributed by atoms with Gasteiger partial charge < -0.3 is 19.8 Å². The Morgan fingerprint density at radius 2 is 1.94 bits per heavy atom. The van der Waals surface area contributed by atoms with Gasteiger partial charge in [0.1, 0.15) is 11.9 Å². The average molecular weight is 477 g/mol. The molecule has 1 heterocycles. The summed E-state index contributed by atoms with van der Waals surface area (Å²) in [6.07, 6.45) is 3.01. The van der Waals surface area contributed by atoms with E-state index in [2.05, 4.69) is 12.2 Å². The Bertz CT molecular complexity index is 907. The van der Waals surface area contributed by atoms with Crippen LogP contribution in [0, 0.1) is 28.5 Å². The molecule has 1 unspecified atom stereocenters. The molecule has 6 atom stereocenters. The first-order chi connectivity index (χ1) is 16.2. The highest BCUT2D eigenvalue weighted by molar-refractivity contribution is 5.84. The minimum absolute atomic E-state index is 0.0227. The van der Waals surface area contributed by atoms with Gasteiger partial charge in [0.25, 0.3) is 0 Å². The van der Waals surface area contributed by atoms with E-state index in [-0.39, 0.29) is 29.8 Å². The first kappa shape index (κ1) is 24.9. The molecule has 1 aromatic carbocycles. The van der Waals surface area contributed by atoms with E-state index in [0.717, 1.165) is 25.9 Å². The van der Waals surface area contributed by atoms with Crippen LogP contribution in [0.25, 0.3) is 0 Å². The molecule has 1 aliphatic heterocycles. The van der Waals surface area contributed by atoms with Gasteiger partial charge in [0, 0.05) is 30.6 Å². The van der Waals surface area contributed by atoms with Crippen LogP contribution in [0.2, 0.25) is 0 Å². The zero-order chi connectivity index (χ0) is 24.5. The molecule has 8 heteroatoms. The van der Waals surface area contributed by atoms with E-state index in [1.807, 2.05) is 11.8 Å². The highest BCUT2D eigenvalue weighted by Gasteiger charge is 2.60. The molecule has 0 bridgehead atoms. The summed E-state index contributed by atoms with van der Waals surface area (Å²) in [5, 5.41) is 24.0. The van der Waals surface area contributed by atoms with E-state index in [1.54, 1.807) is 6.07 Å². The van der Waals surface area contributed by atoms with Crippen molar-refractivity contribution >= 4 is 17.7 Å². The predicted molar refractivity (Wildman–Crippen MR) is 125 cm³/mol. The number of halogens is 1. The number of fused-ring (bicyclic) bond motifs is 1. The summed E-state index contributed by atoms with van der Waals surface area (Å²) in [5.74, 6) is -0.582. The third-order valence-corrected chi connectivity index (χ3v) is 8.85. The van der Waals surface area contributed by atoms with Gasteiger partial charge in [0.15, 0.2) is 0 Å². The highest BCUT2D eigenvalue weighted by Crippen LogP contribution is 2.61. The number of nitrogens with zero attached hydrogens (tertiary/aromatic N) is 1. The molecular weight excluding hydrogens is 439 g/mol. The van der Waals surface area contributed by atoms with E-state index in [1.165, 1.54) is 18.2 Å². The number of carbonyl (C=O) groups is 2. The monoisotopic (exact) mass is 476 g/mol. The van der Waals surface area contributed by atoms with Crippen LogP contribution in [0.1, 0.15) is 58.8 Å². The Morgan fingerprint density at radius 3 is 2.62 bits per heavy atom. The Kier molecular flexibility index (Phi) is 7.20. The number of carbonyl (C=O) groups excluding carboxylic acids is 2. The molecule has 4 rings (SSSR count). The minimum atomic E-state index is -0.721. The molecule has 7 nitrogen and oxygen atoms in total. The first-order valence-corrected chi connectivity index (χ1v) is 12.5. The SMILES string of the molecule is C[C@]1(CO)C2CC[C@@H](O)[C@@H](CC(=O)N3CCCC3)[C@]2(C)CC[C@H]1OC(=O)Nc1cccc(F)c1. The number of ether oxygens (including phenoxy) is 1. The smallest absolute Gasteiger partial charge is 0.411 e. The molecular formula is C26H37FN2O5. The molecule has 0 spiro atoms. The van der Waals surface area contributed by atoms with Crippen molar-refractivity contribution in [2.75, 3.05) is 25.0 Å². The van der Waals surface area contributed by atoms with Crippen molar-refractivity contribution in [2.45, 2.75) is 71.0 Å². The molecule has 0 aromatic heterocycles. The van der Waals surface area contributed by atoms with E-state index in [9.17, 15) is 24.2 Å². The number of nitrogens with one attached hydrogen (secondary N) is 1. The molecule has 3 aliphatic rings. The van der Waals surface area contributed by atoms with Gasteiger partial charge in [0.2, 0.25) is 5.91 Å². The maximum atomic E-state index is 13.5. The van der Waals surface area contributed by atoms with Gasteiger partial charge in [-0.25, -0.2) is 9.18 Å². The average Bonchev–Trinajstić information content (AvgIpc) is 3.33. The number of aliphatic hydroxyl groups excluding tert-OH is 2. The second-order valence-electron chi connectivity index (χ2n) is 10.8. The van der Waals surface area contributed by atoms with Gasteiger partial charge in [0.05, 0.1) is 12.7 Å². The van der Waals surface area contributed by atoms with Crippen LogP contribution >= 0.6 is 0 Å². The van der Waals surface area contributed by atoms with Gasteiger partial charge in [-0.1, -0.05) is 19.9 Å². The third-order valence-electron chi connectivity index (χ3n) is 8.85.